The van der Waals surface area contributed by atoms with Gasteiger partial charge in [-0.05, 0) is 36.6 Å². The molecule has 1 N–H and O–H groups in total. The molecular weight excluding hydrogens is 372 g/mol. The van der Waals surface area contributed by atoms with Gasteiger partial charge in [0.2, 0.25) is 5.91 Å². The van der Waals surface area contributed by atoms with Gasteiger partial charge in [-0.25, -0.2) is 4.98 Å². The van der Waals surface area contributed by atoms with E-state index in [1.807, 2.05) is 54.2 Å². The van der Waals surface area contributed by atoms with Gasteiger partial charge in [-0.2, -0.15) is 0 Å². The number of thioether (sulfide) groups is 1. The van der Waals surface area contributed by atoms with Crippen molar-refractivity contribution in [1.82, 2.24) is 15.2 Å². The molecule has 2 heterocycles. The summed E-state index contributed by atoms with van der Waals surface area (Å²) in [4.78, 5) is 34.0. The number of nitrogens with one attached hydrogen (secondary N) is 1. The van der Waals surface area contributed by atoms with Crippen molar-refractivity contribution in [2.24, 2.45) is 0 Å². The third-order valence-electron chi connectivity index (χ3n) is 4.66. The Morgan fingerprint density at radius 2 is 1.89 bits per heavy atom. The van der Waals surface area contributed by atoms with Crippen molar-refractivity contribution in [2.45, 2.75) is 24.3 Å². The highest BCUT2D eigenvalue weighted by atomic mass is 32.2. The number of benzene rings is 1. The van der Waals surface area contributed by atoms with Gasteiger partial charge in [-0.15, -0.1) is 11.8 Å². The van der Waals surface area contributed by atoms with E-state index in [0.29, 0.717) is 17.9 Å². The maximum atomic E-state index is 12.7. The minimum absolute atomic E-state index is 0.143. The summed E-state index contributed by atoms with van der Waals surface area (Å²) in [5.41, 5.74) is 1.54. The minimum atomic E-state index is -0.145. The molecule has 0 unspecified atom stereocenters. The van der Waals surface area contributed by atoms with Crippen molar-refractivity contribution in [2.75, 3.05) is 37.8 Å². The second-order valence-electron chi connectivity index (χ2n) is 6.97. The summed E-state index contributed by atoms with van der Waals surface area (Å²) in [6.45, 7) is 2.11. The van der Waals surface area contributed by atoms with Crippen LogP contribution in [0.2, 0.25) is 0 Å². The van der Waals surface area contributed by atoms with E-state index in [0.717, 1.165) is 42.2 Å². The first-order valence-electron chi connectivity index (χ1n) is 9.44. The van der Waals surface area contributed by atoms with E-state index in [9.17, 15) is 9.59 Å². The molecule has 0 bridgehead atoms. The number of rotatable bonds is 7. The highest BCUT2D eigenvalue weighted by molar-refractivity contribution is 8.00. The lowest BCUT2D eigenvalue weighted by Gasteiger charge is -2.15. The lowest BCUT2D eigenvalue weighted by Crippen LogP contribution is -2.29. The molecule has 0 radical (unpaired) electrons. The summed E-state index contributed by atoms with van der Waals surface area (Å²) < 4.78 is 0. The second kappa shape index (κ2) is 9.59. The molecule has 0 atom stereocenters. The van der Waals surface area contributed by atoms with Crippen molar-refractivity contribution in [3.63, 3.8) is 0 Å². The van der Waals surface area contributed by atoms with E-state index >= 15 is 0 Å². The van der Waals surface area contributed by atoms with Gasteiger partial charge in [0.15, 0.2) is 0 Å². The fourth-order valence-corrected chi connectivity index (χ4v) is 3.99. The first kappa shape index (κ1) is 20.2. The Balaban J connectivity index is 1.58. The van der Waals surface area contributed by atoms with Crippen LogP contribution in [0.1, 0.15) is 28.8 Å². The normalized spacial score (nSPS) is 13.4. The van der Waals surface area contributed by atoms with Crippen LogP contribution in [0.5, 0.6) is 0 Å². The van der Waals surface area contributed by atoms with Gasteiger partial charge in [0.05, 0.1) is 11.3 Å². The Bertz CT molecular complexity index is 817. The van der Waals surface area contributed by atoms with Crippen molar-refractivity contribution < 1.29 is 9.59 Å². The third-order valence-corrected chi connectivity index (χ3v) is 5.72. The fourth-order valence-electron chi connectivity index (χ4n) is 3.04. The molecule has 2 aromatic rings. The molecule has 3 rings (SSSR count). The van der Waals surface area contributed by atoms with Gasteiger partial charge in [-0.1, -0.05) is 18.2 Å². The molecule has 1 aromatic carbocycles. The maximum Gasteiger partial charge on any atom is 0.252 e. The third kappa shape index (κ3) is 5.25. The molecule has 148 valence electrons. The maximum absolute atomic E-state index is 12.7. The van der Waals surface area contributed by atoms with E-state index in [4.69, 9.17) is 0 Å². The number of carbonyl (C=O) groups excluding carboxylic acids is 2. The summed E-state index contributed by atoms with van der Waals surface area (Å²) in [7, 11) is 3.87. The quantitative estimate of drug-likeness (QED) is 0.727. The van der Waals surface area contributed by atoms with Crippen LogP contribution in [0.4, 0.5) is 5.82 Å². The van der Waals surface area contributed by atoms with Gasteiger partial charge in [0.1, 0.15) is 5.82 Å². The van der Waals surface area contributed by atoms with Crippen LogP contribution >= 0.6 is 11.8 Å². The molecule has 1 aliphatic heterocycles. The summed E-state index contributed by atoms with van der Waals surface area (Å²) >= 11 is 1.43. The van der Waals surface area contributed by atoms with Crippen LogP contribution in [-0.2, 0) is 11.3 Å². The molecule has 0 spiro atoms. The summed E-state index contributed by atoms with van der Waals surface area (Å²) in [5, 5.41) is 2.95. The standard InChI is InChI=1S/C21H26N4O2S/c1-24(2)19-10-9-16(13-22-19)14-23-21(27)17-7-3-4-8-18(17)28-15-20(26)25-11-5-6-12-25/h3-4,7-10,13H,5-6,11-12,14-15H2,1-2H3,(H,23,27). The molecule has 7 heteroatoms. The second-order valence-corrected chi connectivity index (χ2v) is 7.99. The lowest BCUT2D eigenvalue weighted by atomic mass is 10.2. The summed E-state index contributed by atoms with van der Waals surface area (Å²) in [6, 6.07) is 11.3. The lowest BCUT2D eigenvalue weighted by molar-refractivity contribution is -0.127. The first-order valence-corrected chi connectivity index (χ1v) is 10.4. The first-order chi connectivity index (χ1) is 13.5. The molecule has 1 aromatic heterocycles. The predicted octanol–water partition coefficient (Wildman–Crippen LogP) is 2.79. The number of carbonyl (C=O) groups is 2. The van der Waals surface area contributed by atoms with E-state index in [2.05, 4.69) is 10.3 Å². The van der Waals surface area contributed by atoms with Gasteiger partial charge in [0.25, 0.3) is 5.91 Å². The zero-order valence-electron chi connectivity index (χ0n) is 16.4. The highest BCUT2D eigenvalue weighted by Crippen LogP contribution is 2.24. The molecule has 0 aliphatic carbocycles. The van der Waals surface area contributed by atoms with E-state index in [1.165, 1.54) is 11.8 Å². The average molecular weight is 399 g/mol. The fraction of sp³-hybridized carbons (Fsp3) is 0.381. The zero-order valence-corrected chi connectivity index (χ0v) is 17.2. The monoisotopic (exact) mass is 398 g/mol. The van der Waals surface area contributed by atoms with Crippen molar-refractivity contribution in [1.29, 1.82) is 0 Å². The molecular formula is C21H26N4O2S. The number of amides is 2. The number of aromatic nitrogens is 1. The SMILES string of the molecule is CN(C)c1ccc(CNC(=O)c2ccccc2SCC(=O)N2CCCC2)cn1. The molecule has 1 saturated heterocycles. The number of hydrogen-bond donors (Lipinski definition) is 1. The Morgan fingerprint density at radius 3 is 2.57 bits per heavy atom. The van der Waals surface area contributed by atoms with Crippen LogP contribution in [0, 0.1) is 0 Å². The van der Waals surface area contributed by atoms with Crippen molar-refractivity contribution in [3.05, 3.63) is 53.7 Å². The van der Waals surface area contributed by atoms with Crippen LogP contribution in [0.25, 0.3) is 0 Å². The summed E-state index contributed by atoms with van der Waals surface area (Å²) in [6.07, 6.45) is 3.94. The van der Waals surface area contributed by atoms with Gasteiger partial charge >= 0.3 is 0 Å². The topological polar surface area (TPSA) is 65.5 Å². The average Bonchev–Trinajstić information content (AvgIpc) is 3.26. The largest absolute Gasteiger partial charge is 0.363 e. The van der Waals surface area contributed by atoms with Gasteiger partial charge < -0.3 is 15.1 Å². The molecule has 6 nitrogen and oxygen atoms in total. The number of likely N-dealkylation sites (tertiary alicyclic amines) is 1. The predicted molar refractivity (Wildman–Crippen MR) is 113 cm³/mol. The van der Waals surface area contributed by atoms with Crippen molar-refractivity contribution in [3.8, 4) is 0 Å². The Morgan fingerprint density at radius 1 is 1.14 bits per heavy atom. The number of anilines is 1. The van der Waals surface area contributed by atoms with Crippen LogP contribution in [-0.4, -0.2) is 54.6 Å². The Kier molecular flexibility index (Phi) is 6.92. The molecule has 0 saturated carbocycles. The molecule has 1 aliphatic rings. The van der Waals surface area contributed by atoms with Crippen LogP contribution < -0.4 is 10.2 Å². The van der Waals surface area contributed by atoms with Gasteiger partial charge in [0, 0.05) is 44.8 Å². The van der Waals surface area contributed by atoms with Crippen LogP contribution in [0.3, 0.4) is 0 Å². The van der Waals surface area contributed by atoms with E-state index < -0.39 is 0 Å². The van der Waals surface area contributed by atoms with E-state index in [1.54, 1.807) is 12.3 Å². The number of nitrogens with zero attached hydrogens (tertiary/aromatic N) is 3. The van der Waals surface area contributed by atoms with Gasteiger partial charge in [-0.3, -0.25) is 9.59 Å². The molecule has 28 heavy (non-hydrogen) atoms. The zero-order chi connectivity index (χ0) is 19.9. The molecule has 2 amide bonds. The highest BCUT2D eigenvalue weighted by Gasteiger charge is 2.19. The van der Waals surface area contributed by atoms with Crippen molar-refractivity contribution >= 4 is 29.4 Å². The van der Waals surface area contributed by atoms with E-state index in [-0.39, 0.29) is 11.8 Å². The summed E-state index contributed by atoms with van der Waals surface area (Å²) in [5.74, 6) is 1.23. The Labute approximate surface area is 170 Å². The number of pyridine rings is 1. The molecule has 1 fully saturated rings. The Hall–Kier alpha value is -2.54. The number of hydrogen-bond acceptors (Lipinski definition) is 5. The smallest absolute Gasteiger partial charge is 0.252 e. The van der Waals surface area contributed by atoms with Crippen LogP contribution in [0.15, 0.2) is 47.5 Å². The minimum Gasteiger partial charge on any atom is -0.363 e.